The lowest BCUT2D eigenvalue weighted by Crippen LogP contribution is -2.48. The van der Waals surface area contributed by atoms with Gasteiger partial charge in [-0.1, -0.05) is 18.5 Å². The van der Waals surface area contributed by atoms with Crippen LogP contribution < -0.4 is 5.32 Å². The van der Waals surface area contributed by atoms with Crippen molar-refractivity contribution >= 4 is 45.8 Å². The van der Waals surface area contributed by atoms with Crippen molar-refractivity contribution in [1.82, 2.24) is 19.7 Å². The predicted molar refractivity (Wildman–Crippen MR) is 129 cm³/mol. The van der Waals surface area contributed by atoms with Crippen molar-refractivity contribution in [2.24, 2.45) is 0 Å². The summed E-state index contributed by atoms with van der Waals surface area (Å²) in [6.45, 7) is 6.35. The first-order valence-electron chi connectivity index (χ1n) is 11.2. The van der Waals surface area contributed by atoms with Crippen LogP contribution >= 0.6 is 22.9 Å². The molecule has 2 aromatic rings. The van der Waals surface area contributed by atoms with E-state index in [9.17, 15) is 14.4 Å². The summed E-state index contributed by atoms with van der Waals surface area (Å²) in [6.07, 6.45) is 2.01. The summed E-state index contributed by atoms with van der Waals surface area (Å²) in [7, 11) is 0. The van der Waals surface area contributed by atoms with Crippen molar-refractivity contribution in [2.45, 2.75) is 32.2 Å². The molecular weight excluding hydrogens is 462 g/mol. The molecule has 1 aliphatic heterocycles. The smallest absolute Gasteiger partial charge is 0.254 e. The van der Waals surface area contributed by atoms with E-state index in [-0.39, 0.29) is 36.7 Å². The highest BCUT2D eigenvalue weighted by Gasteiger charge is 2.34. The molecule has 1 saturated heterocycles. The molecule has 1 saturated carbocycles. The van der Waals surface area contributed by atoms with Gasteiger partial charge in [0.05, 0.1) is 12.1 Å². The largest absolute Gasteiger partial charge is 0.340 e. The van der Waals surface area contributed by atoms with E-state index >= 15 is 0 Å². The maximum Gasteiger partial charge on any atom is 0.254 e. The molecule has 2 fully saturated rings. The number of amides is 3. The SMILES string of the molecule is CCN1CCN(C(=O)Cc2csc(NC(=O)CN(C(=O)c3ccc(Cl)cc3)C3CC3)n2)CC1. The molecule has 0 bridgehead atoms. The van der Waals surface area contributed by atoms with Crippen LogP contribution in [0.1, 0.15) is 35.8 Å². The van der Waals surface area contributed by atoms with Crippen molar-refractivity contribution in [3.8, 4) is 0 Å². The fraction of sp³-hybridized carbons (Fsp3) is 0.478. The third-order valence-corrected chi connectivity index (χ3v) is 7.01. The molecule has 10 heteroatoms. The van der Waals surface area contributed by atoms with Crippen LogP contribution in [0.3, 0.4) is 0 Å². The first-order valence-corrected chi connectivity index (χ1v) is 12.5. The Morgan fingerprint density at radius 1 is 1.15 bits per heavy atom. The Morgan fingerprint density at radius 3 is 2.48 bits per heavy atom. The molecule has 0 unspecified atom stereocenters. The quantitative estimate of drug-likeness (QED) is 0.616. The van der Waals surface area contributed by atoms with Crippen molar-refractivity contribution in [3.63, 3.8) is 0 Å². The summed E-state index contributed by atoms with van der Waals surface area (Å²) in [5.74, 6) is -0.424. The highest BCUT2D eigenvalue weighted by atomic mass is 35.5. The van der Waals surface area contributed by atoms with Gasteiger partial charge in [0.1, 0.15) is 6.54 Å². The Labute approximate surface area is 202 Å². The van der Waals surface area contributed by atoms with Gasteiger partial charge in [-0.2, -0.15) is 0 Å². The lowest BCUT2D eigenvalue weighted by molar-refractivity contribution is -0.132. The Bertz CT molecular complexity index is 1000. The molecule has 2 heterocycles. The number of nitrogens with zero attached hydrogens (tertiary/aromatic N) is 4. The van der Waals surface area contributed by atoms with Crippen LogP contribution in [0.2, 0.25) is 5.02 Å². The Kier molecular flexibility index (Phi) is 7.62. The number of thiazole rings is 1. The molecule has 33 heavy (non-hydrogen) atoms. The lowest BCUT2D eigenvalue weighted by atomic mass is 10.2. The average Bonchev–Trinajstić information content (AvgIpc) is 3.57. The summed E-state index contributed by atoms with van der Waals surface area (Å²) in [5, 5.41) is 5.57. The second-order valence-corrected chi connectivity index (χ2v) is 9.65. The third-order valence-electron chi connectivity index (χ3n) is 5.96. The number of carbonyl (C=O) groups is 3. The summed E-state index contributed by atoms with van der Waals surface area (Å²) < 4.78 is 0. The molecule has 3 amide bonds. The Hall–Kier alpha value is -2.49. The zero-order valence-electron chi connectivity index (χ0n) is 18.6. The number of hydrogen-bond donors (Lipinski definition) is 1. The molecule has 8 nitrogen and oxygen atoms in total. The lowest BCUT2D eigenvalue weighted by Gasteiger charge is -2.34. The summed E-state index contributed by atoms with van der Waals surface area (Å²) in [4.78, 5) is 48.3. The maximum absolute atomic E-state index is 12.9. The van der Waals surface area contributed by atoms with Gasteiger partial charge >= 0.3 is 0 Å². The van der Waals surface area contributed by atoms with E-state index < -0.39 is 0 Å². The van der Waals surface area contributed by atoms with Crippen LogP contribution in [0.4, 0.5) is 5.13 Å². The number of rotatable bonds is 8. The normalized spacial score (nSPS) is 16.5. The minimum atomic E-state index is -0.299. The number of benzene rings is 1. The van der Waals surface area contributed by atoms with Gasteiger partial charge in [-0.25, -0.2) is 4.98 Å². The number of aromatic nitrogens is 1. The fourth-order valence-electron chi connectivity index (χ4n) is 3.85. The van der Waals surface area contributed by atoms with Crippen molar-refractivity contribution in [1.29, 1.82) is 0 Å². The van der Waals surface area contributed by atoms with Gasteiger partial charge in [-0.3, -0.25) is 14.4 Å². The van der Waals surface area contributed by atoms with Gasteiger partial charge in [0.15, 0.2) is 5.13 Å². The van der Waals surface area contributed by atoms with Gasteiger partial charge in [0.25, 0.3) is 5.91 Å². The molecule has 1 N–H and O–H groups in total. The van der Waals surface area contributed by atoms with Crippen LogP contribution in [-0.2, 0) is 16.0 Å². The molecule has 1 aromatic heterocycles. The third kappa shape index (κ3) is 6.31. The van der Waals surface area contributed by atoms with E-state index in [1.54, 1.807) is 34.5 Å². The van der Waals surface area contributed by atoms with Crippen LogP contribution in [0.25, 0.3) is 0 Å². The van der Waals surface area contributed by atoms with E-state index in [2.05, 4.69) is 22.1 Å². The van der Waals surface area contributed by atoms with Crippen LogP contribution in [-0.4, -0.2) is 82.7 Å². The highest BCUT2D eigenvalue weighted by Crippen LogP contribution is 2.28. The van der Waals surface area contributed by atoms with Gasteiger partial charge in [-0.05, 0) is 43.7 Å². The van der Waals surface area contributed by atoms with Gasteiger partial charge in [0.2, 0.25) is 11.8 Å². The van der Waals surface area contributed by atoms with E-state index in [1.807, 2.05) is 4.90 Å². The number of halogens is 1. The first-order chi connectivity index (χ1) is 15.9. The number of carbonyl (C=O) groups excluding carboxylic acids is 3. The molecule has 4 rings (SSSR count). The van der Waals surface area contributed by atoms with Crippen molar-refractivity contribution in [2.75, 3.05) is 44.6 Å². The molecule has 0 radical (unpaired) electrons. The molecule has 0 atom stereocenters. The molecular formula is C23H28ClN5O3S. The Morgan fingerprint density at radius 2 is 1.85 bits per heavy atom. The number of likely N-dealkylation sites (N-methyl/N-ethyl adjacent to an activating group) is 1. The molecule has 1 aromatic carbocycles. The average molecular weight is 490 g/mol. The standard InChI is InChI=1S/C23H28ClN5O3S/c1-2-27-9-11-28(12-10-27)21(31)13-18-15-33-23(25-18)26-20(30)14-29(19-7-8-19)22(32)16-3-5-17(24)6-4-16/h3-6,15,19H,2,7-14H2,1H3,(H,25,26,30). The maximum atomic E-state index is 12.9. The van der Waals surface area contributed by atoms with Crippen LogP contribution in [0.5, 0.6) is 0 Å². The highest BCUT2D eigenvalue weighted by molar-refractivity contribution is 7.13. The minimum Gasteiger partial charge on any atom is -0.340 e. The molecule has 1 aliphatic carbocycles. The Balaban J connectivity index is 1.30. The summed E-state index contributed by atoms with van der Waals surface area (Å²) in [5.41, 5.74) is 1.16. The second kappa shape index (κ2) is 10.6. The molecule has 2 aliphatic rings. The van der Waals surface area contributed by atoms with Gasteiger partial charge in [0, 0.05) is 48.2 Å². The topological polar surface area (TPSA) is 85.9 Å². The monoisotopic (exact) mass is 489 g/mol. The van der Waals surface area contributed by atoms with E-state index in [0.717, 1.165) is 45.6 Å². The van der Waals surface area contributed by atoms with Gasteiger partial charge < -0.3 is 20.0 Å². The molecule has 176 valence electrons. The van der Waals surface area contributed by atoms with E-state index in [0.29, 0.717) is 21.4 Å². The minimum absolute atomic E-state index is 0.0400. The first kappa shape index (κ1) is 23.7. The molecule has 0 spiro atoms. The van der Waals surface area contributed by atoms with Crippen LogP contribution in [0, 0.1) is 0 Å². The van der Waals surface area contributed by atoms with Gasteiger partial charge in [-0.15, -0.1) is 11.3 Å². The second-order valence-electron chi connectivity index (χ2n) is 8.36. The van der Waals surface area contributed by atoms with E-state index in [4.69, 9.17) is 11.6 Å². The number of anilines is 1. The number of hydrogen-bond acceptors (Lipinski definition) is 6. The fourth-order valence-corrected chi connectivity index (χ4v) is 4.70. The number of nitrogens with one attached hydrogen (secondary N) is 1. The zero-order valence-corrected chi connectivity index (χ0v) is 20.2. The van der Waals surface area contributed by atoms with E-state index in [1.165, 1.54) is 11.3 Å². The summed E-state index contributed by atoms with van der Waals surface area (Å²) >= 11 is 7.20. The van der Waals surface area contributed by atoms with Crippen molar-refractivity contribution < 1.29 is 14.4 Å². The van der Waals surface area contributed by atoms with Crippen molar-refractivity contribution in [3.05, 3.63) is 45.9 Å². The predicted octanol–water partition coefficient (Wildman–Crippen LogP) is 2.75. The van der Waals surface area contributed by atoms with Crippen LogP contribution in [0.15, 0.2) is 29.6 Å². The number of piperazine rings is 1. The summed E-state index contributed by atoms with van der Waals surface area (Å²) in [6, 6.07) is 6.76. The zero-order chi connectivity index (χ0) is 23.4.